The number of hydrogen-bond donors (Lipinski definition) is 1. The molecule has 0 amide bonds. The van der Waals surface area contributed by atoms with E-state index in [1.807, 2.05) is 18.2 Å². The van der Waals surface area contributed by atoms with Crippen molar-refractivity contribution in [1.29, 1.82) is 0 Å². The summed E-state index contributed by atoms with van der Waals surface area (Å²) >= 11 is 0. The number of hydrogen-bond acceptors (Lipinski definition) is 4. The fourth-order valence-corrected chi connectivity index (χ4v) is 2.28. The fourth-order valence-electron chi connectivity index (χ4n) is 2.28. The van der Waals surface area contributed by atoms with Gasteiger partial charge < -0.3 is 19.5 Å². The van der Waals surface area contributed by atoms with Crippen molar-refractivity contribution in [2.45, 2.75) is 31.9 Å². The standard InChI is InChI=1S/C15H23NO3/c1-12-10-14(6-7-18-12)16-13-4-3-5-15(11-13)19-9-8-17-2/h3-5,11-12,14,16H,6-10H2,1-2H3. The van der Waals surface area contributed by atoms with Gasteiger partial charge in [-0.15, -0.1) is 0 Å². The third-order valence-corrected chi connectivity index (χ3v) is 3.25. The summed E-state index contributed by atoms with van der Waals surface area (Å²) in [4.78, 5) is 0. The first-order valence-corrected chi connectivity index (χ1v) is 6.88. The number of benzene rings is 1. The zero-order valence-electron chi connectivity index (χ0n) is 11.7. The Kier molecular flexibility index (Phi) is 5.48. The van der Waals surface area contributed by atoms with Crippen LogP contribution in [-0.2, 0) is 9.47 Å². The van der Waals surface area contributed by atoms with E-state index in [0.717, 1.165) is 30.9 Å². The number of rotatable bonds is 6. The summed E-state index contributed by atoms with van der Waals surface area (Å²) in [7, 11) is 1.67. The Balaban J connectivity index is 1.87. The predicted molar refractivity (Wildman–Crippen MR) is 75.9 cm³/mol. The van der Waals surface area contributed by atoms with Gasteiger partial charge in [-0.1, -0.05) is 6.07 Å². The Hall–Kier alpha value is -1.26. The number of nitrogens with one attached hydrogen (secondary N) is 1. The van der Waals surface area contributed by atoms with Gasteiger partial charge in [0, 0.05) is 31.5 Å². The quantitative estimate of drug-likeness (QED) is 0.803. The summed E-state index contributed by atoms with van der Waals surface area (Å²) in [6.45, 7) is 4.14. The minimum atomic E-state index is 0.340. The maximum absolute atomic E-state index is 5.61. The molecule has 19 heavy (non-hydrogen) atoms. The molecule has 2 atom stereocenters. The van der Waals surface area contributed by atoms with Gasteiger partial charge in [-0.2, -0.15) is 0 Å². The van der Waals surface area contributed by atoms with Gasteiger partial charge in [-0.25, -0.2) is 0 Å². The Morgan fingerprint density at radius 1 is 1.37 bits per heavy atom. The smallest absolute Gasteiger partial charge is 0.121 e. The summed E-state index contributed by atoms with van der Waals surface area (Å²) in [6, 6.07) is 8.57. The van der Waals surface area contributed by atoms with Crippen molar-refractivity contribution in [1.82, 2.24) is 0 Å². The Labute approximate surface area is 115 Å². The lowest BCUT2D eigenvalue weighted by Crippen LogP contribution is -2.32. The molecule has 4 heteroatoms. The lowest BCUT2D eigenvalue weighted by molar-refractivity contribution is 0.0232. The monoisotopic (exact) mass is 265 g/mol. The molecule has 1 fully saturated rings. The van der Waals surface area contributed by atoms with Crippen molar-refractivity contribution >= 4 is 5.69 Å². The molecule has 0 aromatic heterocycles. The van der Waals surface area contributed by atoms with E-state index in [1.165, 1.54) is 0 Å². The van der Waals surface area contributed by atoms with E-state index < -0.39 is 0 Å². The molecule has 1 heterocycles. The highest BCUT2D eigenvalue weighted by molar-refractivity contribution is 5.48. The van der Waals surface area contributed by atoms with E-state index in [0.29, 0.717) is 25.4 Å². The first-order chi connectivity index (χ1) is 9.28. The van der Waals surface area contributed by atoms with E-state index in [4.69, 9.17) is 14.2 Å². The van der Waals surface area contributed by atoms with Crippen LogP contribution in [0.1, 0.15) is 19.8 Å². The molecule has 1 aromatic carbocycles. The van der Waals surface area contributed by atoms with Gasteiger partial charge in [-0.3, -0.25) is 0 Å². The maximum Gasteiger partial charge on any atom is 0.121 e. The van der Waals surface area contributed by atoms with Gasteiger partial charge in [0.05, 0.1) is 12.7 Å². The van der Waals surface area contributed by atoms with Crippen LogP contribution in [0, 0.1) is 0 Å². The molecule has 2 unspecified atom stereocenters. The van der Waals surface area contributed by atoms with Crippen LogP contribution in [0.25, 0.3) is 0 Å². The van der Waals surface area contributed by atoms with E-state index in [-0.39, 0.29) is 0 Å². The van der Waals surface area contributed by atoms with E-state index in [1.54, 1.807) is 7.11 Å². The lowest BCUT2D eigenvalue weighted by atomic mass is 10.0. The SMILES string of the molecule is COCCOc1cccc(NC2CCOC(C)C2)c1. The highest BCUT2D eigenvalue weighted by atomic mass is 16.5. The third kappa shape index (κ3) is 4.73. The van der Waals surface area contributed by atoms with Crippen LogP contribution in [-0.4, -0.2) is 39.1 Å². The highest BCUT2D eigenvalue weighted by Gasteiger charge is 2.18. The van der Waals surface area contributed by atoms with Crippen LogP contribution in [0.15, 0.2) is 24.3 Å². The largest absolute Gasteiger partial charge is 0.491 e. The van der Waals surface area contributed by atoms with Gasteiger partial charge in [0.15, 0.2) is 0 Å². The second-order valence-corrected chi connectivity index (χ2v) is 4.92. The van der Waals surface area contributed by atoms with Gasteiger partial charge >= 0.3 is 0 Å². The topological polar surface area (TPSA) is 39.7 Å². The summed E-state index contributed by atoms with van der Waals surface area (Å²) in [5, 5.41) is 3.55. The number of anilines is 1. The Morgan fingerprint density at radius 2 is 2.26 bits per heavy atom. The van der Waals surface area contributed by atoms with Crippen molar-refractivity contribution in [2.75, 3.05) is 32.2 Å². The third-order valence-electron chi connectivity index (χ3n) is 3.25. The van der Waals surface area contributed by atoms with Crippen LogP contribution in [0.5, 0.6) is 5.75 Å². The normalized spacial score (nSPS) is 23.1. The predicted octanol–water partition coefficient (Wildman–Crippen LogP) is 2.69. The van der Waals surface area contributed by atoms with Crippen molar-refractivity contribution < 1.29 is 14.2 Å². The minimum Gasteiger partial charge on any atom is -0.491 e. The first-order valence-electron chi connectivity index (χ1n) is 6.88. The highest BCUT2D eigenvalue weighted by Crippen LogP contribution is 2.22. The summed E-state index contributed by atoms with van der Waals surface area (Å²) < 4.78 is 16.1. The first kappa shape index (κ1) is 14.2. The van der Waals surface area contributed by atoms with Crippen LogP contribution >= 0.6 is 0 Å². The van der Waals surface area contributed by atoms with Gasteiger partial charge in [-0.05, 0) is 31.9 Å². The van der Waals surface area contributed by atoms with Gasteiger partial charge in [0.25, 0.3) is 0 Å². The van der Waals surface area contributed by atoms with Gasteiger partial charge in [0.2, 0.25) is 0 Å². The van der Waals surface area contributed by atoms with Crippen molar-refractivity contribution in [3.8, 4) is 5.75 Å². The average Bonchev–Trinajstić information content (AvgIpc) is 2.39. The molecule has 1 saturated heterocycles. The second-order valence-electron chi connectivity index (χ2n) is 4.92. The molecule has 1 N–H and O–H groups in total. The minimum absolute atomic E-state index is 0.340. The van der Waals surface area contributed by atoms with Crippen molar-refractivity contribution in [3.63, 3.8) is 0 Å². The number of ether oxygens (including phenoxy) is 3. The average molecular weight is 265 g/mol. The van der Waals surface area contributed by atoms with Crippen LogP contribution in [0.4, 0.5) is 5.69 Å². The zero-order chi connectivity index (χ0) is 13.5. The summed E-state index contributed by atoms with van der Waals surface area (Å²) in [6.07, 6.45) is 2.45. The lowest BCUT2D eigenvalue weighted by Gasteiger charge is -2.28. The van der Waals surface area contributed by atoms with Crippen LogP contribution in [0.3, 0.4) is 0 Å². The summed E-state index contributed by atoms with van der Waals surface area (Å²) in [5.74, 6) is 0.877. The molecule has 4 nitrogen and oxygen atoms in total. The number of methoxy groups -OCH3 is 1. The Bertz CT molecular complexity index is 383. The molecule has 0 aliphatic carbocycles. The van der Waals surface area contributed by atoms with Gasteiger partial charge in [0.1, 0.15) is 12.4 Å². The second kappa shape index (κ2) is 7.36. The molecule has 1 aliphatic heterocycles. The van der Waals surface area contributed by atoms with E-state index in [9.17, 15) is 0 Å². The fraction of sp³-hybridized carbons (Fsp3) is 0.600. The summed E-state index contributed by atoms with van der Waals surface area (Å²) in [5.41, 5.74) is 1.11. The molecule has 2 rings (SSSR count). The molecule has 0 spiro atoms. The molecule has 1 aliphatic rings. The molecule has 0 bridgehead atoms. The van der Waals surface area contributed by atoms with Crippen molar-refractivity contribution in [2.24, 2.45) is 0 Å². The molecular formula is C15H23NO3. The van der Waals surface area contributed by atoms with E-state index >= 15 is 0 Å². The van der Waals surface area contributed by atoms with Crippen LogP contribution < -0.4 is 10.1 Å². The molecule has 0 radical (unpaired) electrons. The van der Waals surface area contributed by atoms with E-state index in [2.05, 4.69) is 18.3 Å². The van der Waals surface area contributed by atoms with Crippen molar-refractivity contribution in [3.05, 3.63) is 24.3 Å². The maximum atomic E-state index is 5.61. The molecule has 106 valence electrons. The zero-order valence-corrected chi connectivity index (χ0v) is 11.7. The molecular weight excluding hydrogens is 242 g/mol. The van der Waals surface area contributed by atoms with Crippen LogP contribution in [0.2, 0.25) is 0 Å². The molecule has 0 saturated carbocycles. The molecule has 1 aromatic rings. The Morgan fingerprint density at radius 3 is 3.05 bits per heavy atom.